The summed E-state index contributed by atoms with van der Waals surface area (Å²) >= 11 is 0. The van der Waals surface area contributed by atoms with Gasteiger partial charge in [-0.25, -0.2) is 0 Å². The van der Waals surface area contributed by atoms with Crippen LogP contribution in [0.3, 0.4) is 0 Å². The Hall–Kier alpha value is -0.820. The minimum absolute atomic E-state index is 1.16. The average molecular weight is 231 g/mol. The number of hydrogen-bond acceptors (Lipinski definition) is 1. The van der Waals surface area contributed by atoms with Gasteiger partial charge in [0.2, 0.25) is 0 Å². The quantitative estimate of drug-likeness (QED) is 0.739. The van der Waals surface area contributed by atoms with Crippen molar-refractivity contribution >= 4 is 0 Å². The topological polar surface area (TPSA) is 12.0 Å². The van der Waals surface area contributed by atoms with Crippen molar-refractivity contribution in [2.24, 2.45) is 0 Å². The van der Waals surface area contributed by atoms with Crippen LogP contribution in [0.5, 0.6) is 0 Å². The fraction of sp³-hybridized carbons (Fsp3) is 0.625. The highest BCUT2D eigenvalue weighted by molar-refractivity contribution is 5.33. The number of rotatable bonds is 6. The fourth-order valence-electron chi connectivity index (χ4n) is 2.75. The van der Waals surface area contributed by atoms with Crippen molar-refractivity contribution in [3.8, 4) is 0 Å². The zero-order valence-corrected chi connectivity index (χ0v) is 11.1. The lowest BCUT2D eigenvalue weighted by Gasteiger charge is -2.16. The molecule has 1 nitrogen and oxygen atoms in total. The number of hydrogen-bond donors (Lipinski definition) is 1. The van der Waals surface area contributed by atoms with Crippen molar-refractivity contribution in [3.05, 3.63) is 34.9 Å². The first-order valence-electron chi connectivity index (χ1n) is 7.15. The molecular weight excluding hydrogens is 206 g/mol. The molecule has 0 saturated carbocycles. The maximum Gasteiger partial charge on any atom is -0.00519 e. The molecule has 0 spiro atoms. The summed E-state index contributed by atoms with van der Waals surface area (Å²) < 4.78 is 0. The van der Waals surface area contributed by atoms with E-state index in [1.165, 1.54) is 51.4 Å². The van der Waals surface area contributed by atoms with Crippen LogP contribution in [-0.4, -0.2) is 13.6 Å². The molecule has 1 N–H and O–H groups in total. The van der Waals surface area contributed by atoms with Gasteiger partial charge < -0.3 is 5.32 Å². The van der Waals surface area contributed by atoms with E-state index in [0.717, 1.165) is 6.54 Å². The van der Waals surface area contributed by atoms with E-state index in [1.807, 2.05) is 7.05 Å². The number of unbranched alkanes of at least 4 members (excludes halogenated alkanes) is 2. The molecule has 0 heterocycles. The molecule has 0 radical (unpaired) electrons. The molecule has 0 aliphatic heterocycles. The maximum absolute atomic E-state index is 3.21. The predicted molar refractivity (Wildman–Crippen MR) is 74.6 cm³/mol. The van der Waals surface area contributed by atoms with Gasteiger partial charge >= 0.3 is 0 Å². The first-order chi connectivity index (χ1) is 8.40. The summed E-state index contributed by atoms with van der Waals surface area (Å²) in [5, 5.41) is 3.21. The van der Waals surface area contributed by atoms with Gasteiger partial charge in [-0.3, -0.25) is 0 Å². The van der Waals surface area contributed by atoms with Crippen LogP contribution in [0.2, 0.25) is 0 Å². The van der Waals surface area contributed by atoms with E-state index in [2.05, 4.69) is 23.5 Å². The van der Waals surface area contributed by atoms with Crippen LogP contribution in [0.4, 0.5) is 0 Å². The third-order valence-corrected chi connectivity index (χ3v) is 3.81. The molecule has 94 valence electrons. The van der Waals surface area contributed by atoms with Gasteiger partial charge in [0.15, 0.2) is 0 Å². The molecule has 0 unspecified atom stereocenters. The molecular formula is C16H25N. The van der Waals surface area contributed by atoms with Gasteiger partial charge in [0.05, 0.1) is 0 Å². The summed E-state index contributed by atoms with van der Waals surface area (Å²) in [5.41, 5.74) is 4.79. The summed E-state index contributed by atoms with van der Waals surface area (Å²) in [6, 6.07) is 7.19. The highest BCUT2D eigenvalue weighted by Crippen LogP contribution is 2.22. The summed E-state index contributed by atoms with van der Waals surface area (Å²) in [4.78, 5) is 0. The number of aryl methyl sites for hydroxylation is 3. The van der Waals surface area contributed by atoms with E-state index in [9.17, 15) is 0 Å². The van der Waals surface area contributed by atoms with Crippen LogP contribution in [0, 0.1) is 0 Å². The second-order valence-electron chi connectivity index (χ2n) is 5.22. The van der Waals surface area contributed by atoms with Crippen LogP contribution in [0.1, 0.15) is 48.8 Å². The Kier molecular flexibility index (Phi) is 5.06. The average Bonchev–Trinajstić information content (AvgIpc) is 2.38. The Morgan fingerprint density at radius 2 is 1.82 bits per heavy atom. The largest absolute Gasteiger partial charge is 0.320 e. The summed E-state index contributed by atoms with van der Waals surface area (Å²) in [5.74, 6) is 0. The van der Waals surface area contributed by atoms with Gasteiger partial charge in [-0.1, -0.05) is 24.6 Å². The Labute approximate surface area is 106 Å². The molecule has 1 aromatic carbocycles. The van der Waals surface area contributed by atoms with Crippen LogP contribution < -0.4 is 5.32 Å². The van der Waals surface area contributed by atoms with Crippen LogP contribution >= 0.6 is 0 Å². The zero-order chi connectivity index (χ0) is 11.9. The number of benzene rings is 1. The molecule has 1 heteroatoms. The lowest BCUT2D eigenvalue weighted by atomic mass is 9.89. The van der Waals surface area contributed by atoms with Gasteiger partial charge in [-0.2, -0.15) is 0 Å². The van der Waals surface area contributed by atoms with Crippen molar-refractivity contribution in [2.75, 3.05) is 13.6 Å². The normalized spacial score (nSPS) is 14.6. The third-order valence-electron chi connectivity index (χ3n) is 3.81. The smallest absolute Gasteiger partial charge is 0.00519 e. The molecule has 0 saturated heterocycles. The van der Waals surface area contributed by atoms with Crippen molar-refractivity contribution in [1.82, 2.24) is 5.32 Å². The third kappa shape index (κ3) is 3.85. The Bertz CT molecular complexity index is 343. The first kappa shape index (κ1) is 12.6. The highest BCUT2D eigenvalue weighted by Gasteiger charge is 2.08. The van der Waals surface area contributed by atoms with Crippen molar-refractivity contribution in [2.45, 2.75) is 51.4 Å². The molecule has 1 aliphatic rings. The van der Waals surface area contributed by atoms with Gasteiger partial charge in [0, 0.05) is 0 Å². The second-order valence-corrected chi connectivity index (χ2v) is 5.22. The molecule has 1 aromatic rings. The summed E-state index contributed by atoms with van der Waals surface area (Å²) in [7, 11) is 2.03. The summed E-state index contributed by atoms with van der Waals surface area (Å²) in [6.07, 6.45) is 10.6. The Morgan fingerprint density at radius 1 is 1.00 bits per heavy atom. The fourth-order valence-corrected chi connectivity index (χ4v) is 2.75. The van der Waals surface area contributed by atoms with Crippen molar-refractivity contribution < 1.29 is 0 Å². The van der Waals surface area contributed by atoms with Crippen LogP contribution in [-0.2, 0) is 19.3 Å². The molecule has 0 atom stereocenters. The van der Waals surface area contributed by atoms with Crippen LogP contribution in [0.25, 0.3) is 0 Å². The van der Waals surface area contributed by atoms with E-state index >= 15 is 0 Å². The van der Waals surface area contributed by atoms with Crippen molar-refractivity contribution in [1.29, 1.82) is 0 Å². The van der Waals surface area contributed by atoms with E-state index < -0.39 is 0 Å². The van der Waals surface area contributed by atoms with E-state index in [1.54, 1.807) is 16.7 Å². The van der Waals surface area contributed by atoms with E-state index in [-0.39, 0.29) is 0 Å². The minimum Gasteiger partial charge on any atom is -0.320 e. The monoisotopic (exact) mass is 231 g/mol. The summed E-state index contributed by atoms with van der Waals surface area (Å²) in [6.45, 7) is 1.16. The minimum atomic E-state index is 1.16. The maximum atomic E-state index is 3.21. The van der Waals surface area contributed by atoms with E-state index in [0.29, 0.717) is 0 Å². The molecule has 0 fully saturated rings. The predicted octanol–water partition coefficient (Wildman–Crippen LogP) is 3.50. The standard InChI is InChI=1S/C16H25N/c1-17-12-6-2-3-7-14-10-11-15-8-4-5-9-16(15)13-14/h10-11,13,17H,2-9,12H2,1H3. The zero-order valence-electron chi connectivity index (χ0n) is 11.1. The second kappa shape index (κ2) is 6.80. The van der Waals surface area contributed by atoms with E-state index in [4.69, 9.17) is 0 Å². The lowest BCUT2D eigenvalue weighted by Crippen LogP contribution is -2.07. The van der Waals surface area contributed by atoms with Gasteiger partial charge in [0.25, 0.3) is 0 Å². The molecule has 0 amide bonds. The van der Waals surface area contributed by atoms with Gasteiger partial charge in [-0.15, -0.1) is 0 Å². The molecule has 0 bridgehead atoms. The van der Waals surface area contributed by atoms with Gasteiger partial charge in [0.1, 0.15) is 0 Å². The highest BCUT2D eigenvalue weighted by atomic mass is 14.8. The van der Waals surface area contributed by atoms with Gasteiger partial charge in [-0.05, 0) is 75.2 Å². The first-order valence-corrected chi connectivity index (χ1v) is 7.15. The molecule has 2 rings (SSSR count). The molecule has 1 aliphatic carbocycles. The molecule has 17 heavy (non-hydrogen) atoms. The Balaban J connectivity index is 1.81. The number of nitrogens with one attached hydrogen (secondary N) is 1. The van der Waals surface area contributed by atoms with Crippen LogP contribution in [0.15, 0.2) is 18.2 Å². The van der Waals surface area contributed by atoms with Crippen molar-refractivity contribution in [3.63, 3.8) is 0 Å². The molecule has 0 aromatic heterocycles. The SMILES string of the molecule is CNCCCCCc1ccc2c(c1)CCCC2. The lowest BCUT2D eigenvalue weighted by molar-refractivity contribution is 0.640. The number of fused-ring (bicyclic) bond motifs is 1. The Morgan fingerprint density at radius 3 is 2.65 bits per heavy atom.